The summed E-state index contributed by atoms with van der Waals surface area (Å²) in [5.41, 5.74) is 6.51. The zero-order valence-corrected chi connectivity index (χ0v) is 13.3. The summed E-state index contributed by atoms with van der Waals surface area (Å²) >= 11 is 6.04. The number of halogens is 1. The fourth-order valence-electron chi connectivity index (χ4n) is 2.20. The van der Waals surface area contributed by atoms with Gasteiger partial charge in [-0.05, 0) is 52.3 Å². The molecule has 1 aromatic rings. The summed E-state index contributed by atoms with van der Waals surface area (Å²) in [7, 11) is -0.622. The van der Waals surface area contributed by atoms with Crippen molar-refractivity contribution in [1.29, 1.82) is 0 Å². The molecule has 0 saturated carbocycles. The highest BCUT2D eigenvalue weighted by atomic mass is 35.5. The zero-order valence-electron chi connectivity index (χ0n) is 12.5. The summed E-state index contributed by atoms with van der Waals surface area (Å²) in [4.78, 5) is 0. The van der Waals surface area contributed by atoms with Crippen molar-refractivity contribution in [3.05, 3.63) is 28.3 Å². The Labute approximate surface area is 125 Å². The molecule has 0 bridgehead atoms. The topological polar surface area (TPSA) is 64.7 Å². The van der Waals surface area contributed by atoms with Gasteiger partial charge in [0.15, 0.2) is 0 Å². The van der Waals surface area contributed by atoms with Crippen LogP contribution in [0.4, 0.5) is 0 Å². The smallest absolute Gasteiger partial charge is 0.480 e. The fraction of sp³-hybridized carbons (Fsp3) is 0.571. The Morgan fingerprint density at radius 1 is 1.20 bits per heavy atom. The first kappa shape index (κ1) is 15.6. The average molecular weight is 298 g/mol. The molecule has 2 rings (SSSR count). The van der Waals surface area contributed by atoms with Crippen LogP contribution in [0.1, 0.15) is 44.8 Å². The predicted octanol–water partition coefficient (Wildman–Crippen LogP) is 2.99. The molecule has 1 aromatic carbocycles. The van der Waals surface area contributed by atoms with Gasteiger partial charge in [-0.1, -0.05) is 11.6 Å². The van der Waals surface area contributed by atoms with Crippen LogP contribution in [0.25, 0.3) is 0 Å². The molecule has 1 aliphatic rings. The molecule has 0 radical (unpaired) electrons. The molecule has 0 aromatic heterocycles. The summed E-state index contributed by atoms with van der Waals surface area (Å²) in [6, 6.07) is 3.34. The van der Waals surface area contributed by atoms with Gasteiger partial charge >= 0.3 is 7.12 Å². The maximum atomic E-state index is 10.2. The second-order valence-electron chi connectivity index (χ2n) is 6.31. The molecule has 1 fully saturated rings. The summed E-state index contributed by atoms with van der Waals surface area (Å²) < 4.78 is 11.8. The van der Waals surface area contributed by atoms with Gasteiger partial charge in [0.05, 0.1) is 17.1 Å². The SMILES string of the molecule is Cc1cc(Cl)cc([C@@H](N)B2OC(C)(C)C(C)(C)O2)c1O. The number of aromatic hydroxyl groups is 1. The average Bonchev–Trinajstić information content (AvgIpc) is 2.52. The van der Waals surface area contributed by atoms with Gasteiger partial charge in [0.25, 0.3) is 0 Å². The van der Waals surface area contributed by atoms with Gasteiger partial charge in [-0.15, -0.1) is 0 Å². The second kappa shape index (κ2) is 4.91. The molecule has 0 amide bonds. The third-order valence-electron chi connectivity index (χ3n) is 4.22. The molecule has 110 valence electrons. The van der Waals surface area contributed by atoms with E-state index in [2.05, 4.69) is 0 Å². The molecule has 1 aliphatic heterocycles. The van der Waals surface area contributed by atoms with E-state index in [1.807, 2.05) is 27.7 Å². The molecular formula is C14H21BClNO3. The van der Waals surface area contributed by atoms with Gasteiger partial charge in [0.2, 0.25) is 0 Å². The molecular weight excluding hydrogens is 276 g/mol. The predicted molar refractivity (Wildman–Crippen MR) is 80.9 cm³/mol. The lowest BCUT2D eigenvalue weighted by molar-refractivity contribution is 0.00578. The Hall–Kier alpha value is -0.745. The Morgan fingerprint density at radius 3 is 2.20 bits per heavy atom. The van der Waals surface area contributed by atoms with E-state index < -0.39 is 24.3 Å². The van der Waals surface area contributed by atoms with Crippen LogP contribution in [0.3, 0.4) is 0 Å². The highest BCUT2D eigenvalue weighted by Crippen LogP contribution is 2.41. The summed E-state index contributed by atoms with van der Waals surface area (Å²) in [5, 5.41) is 10.7. The van der Waals surface area contributed by atoms with Crippen molar-refractivity contribution in [3.8, 4) is 5.75 Å². The standard InChI is InChI=1S/C14H21BClNO3/c1-8-6-9(16)7-10(11(8)18)12(17)15-19-13(2,3)14(4,5)20-15/h6-7,12,18H,17H2,1-5H3/t12-/m1/s1. The van der Waals surface area contributed by atoms with E-state index in [9.17, 15) is 5.11 Å². The van der Waals surface area contributed by atoms with Gasteiger partial charge in [-0.25, -0.2) is 0 Å². The molecule has 0 unspecified atom stereocenters. The van der Waals surface area contributed by atoms with E-state index in [1.54, 1.807) is 19.1 Å². The van der Waals surface area contributed by atoms with Gasteiger partial charge < -0.3 is 20.1 Å². The fourth-order valence-corrected chi connectivity index (χ4v) is 2.48. The highest BCUT2D eigenvalue weighted by Gasteiger charge is 2.53. The minimum Gasteiger partial charge on any atom is -0.507 e. The van der Waals surface area contributed by atoms with Crippen molar-refractivity contribution in [3.63, 3.8) is 0 Å². The molecule has 0 aliphatic carbocycles. The Bertz CT molecular complexity index is 517. The zero-order chi connectivity index (χ0) is 15.3. The maximum absolute atomic E-state index is 10.2. The van der Waals surface area contributed by atoms with Gasteiger partial charge in [-0.2, -0.15) is 0 Å². The summed E-state index contributed by atoms with van der Waals surface area (Å²) in [5.74, 6) is -0.468. The van der Waals surface area contributed by atoms with Crippen molar-refractivity contribution in [1.82, 2.24) is 0 Å². The number of hydrogen-bond donors (Lipinski definition) is 2. The molecule has 20 heavy (non-hydrogen) atoms. The van der Waals surface area contributed by atoms with E-state index in [4.69, 9.17) is 26.6 Å². The van der Waals surface area contributed by atoms with Crippen LogP contribution >= 0.6 is 11.6 Å². The lowest BCUT2D eigenvalue weighted by Crippen LogP contribution is -2.41. The van der Waals surface area contributed by atoms with Crippen LogP contribution in [0, 0.1) is 6.92 Å². The summed E-state index contributed by atoms with van der Waals surface area (Å²) in [6.07, 6.45) is 0. The van der Waals surface area contributed by atoms with E-state index in [0.717, 1.165) is 0 Å². The van der Waals surface area contributed by atoms with E-state index in [1.165, 1.54) is 0 Å². The normalized spacial score (nSPS) is 22.1. The number of hydrogen-bond acceptors (Lipinski definition) is 4. The maximum Gasteiger partial charge on any atom is 0.480 e. The van der Waals surface area contributed by atoms with Gasteiger partial charge in [0, 0.05) is 10.6 Å². The molecule has 1 heterocycles. The largest absolute Gasteiger partial charge is 0.507 e. The van der Waals surface area contributed by atoms with E-state index in [0.29, 0.717) is 16.1 Å². The Balaban J connectivity index is 2.32. The Morgan fingerprint density at radius 2 is 1.70 bits per heavy atom. The number of nitrogens with two attached hydrogens (primary N) is 1. The number of rotatable bonds is 2. The molecule has 3 N–H and O–H groups in total. The monoisotopic (exact) mass is 297 g/mol. The lowest BCUT2D eigenvalue weighted by atomic mass is 9.74. The van der Waals surface area contributed by atoms with Crippen molar-refractivity contribution >= 4 is 18.7 Å². The van der Waals surface area contributed by atoms with Crippen LogP contribution < -0.4 is 5.73 Å². The van der Waals surface area contributed by atoms with Crippen molar-refractivity contribution in [2.45, 2.75) is 51.8 Å². The summed E-state index contributed by atoms with van der Waals surface area (Å²) in [6.45, 7) is 9.62. The van der Waals surface area contributed by atoms with Gasteiger partial charge in [-0.3, -0.25) is 0 Å². The van der Waals surface area contributed by atoms with Gasteiger partial charge in [0.1, 0.15) is 5.75 Å². The Kier molecular flexibility index (Phi) is 3.84. The van der Waals surface area contributed by atoms with Crippen LogP contribution in [-0.4, -0.2) is 23.4 Å². The van der Waals surface area contributed by atoms with Crippen LogP contribution in [0.2, 0.25) is 5.02 Å². The minimum absolute atomic E-state index is 0.136. The van der Waals surface area contributed by atoms with Crippen LogP contribution in [0.15, 0.2) is 12.1 Å². The van der Waals surface area contributed by atoms with Crippen molar-refractivity contribution in [2.24, 2.45) is 5.73 Å². The van der Waals surface area contributed by atoms with Crippen LogP contribution in [-0.2, 0) is 9.31 Å². The van der Waals surface area contributed by atoms with Crippen LogP contribution in [0.5, 0.6) is 5.75 Å². The molecule has 4 nitrogen and oxygen atoms in total. The lowest BCUT2D eigenvalue weighted by Gasteiger charge is -2.32. The quantitative estimate of drug-likeness (QED) is 0.824. The first-order chi connectivity index (χ1) is 9.05. The number of phenolic OH excluding ortho intramolecular Hbond substituents is 1. The highest BCUT2D eigenvalue weighted by molar-refractivity contribution is 6.47. The molecule has 6 heteroatoms. The van der Waals surface area contributed by atoms with Crippen molar-refractivity contribution < 1.29 is 14.4 Å². The molecule has 1 atom stereocenters. The first-order valence-electron chi connectivity index (χ1n) is 6.65. The van der Waals surface area contributed by atoms with Crippen molar-refractivity contribution in [2.75, 3.05) is 0 Å². The van der Waals surface area contributed by atoms with E-state index >= 15 is 0 Å². The van der Waals surface area contributed by atoms with E-state index in [-0.39, 0.29) is 5.75 Å². The molecule has 0 spiro atoms. The third-order valence-corrected chi connectivity index (χ3v) is 4.44. The molecule has 1 saturated heterocycles. The third kappa shape index (κ3) is 2.55. The number of aryl methyl sites for hydroxylation is 1. The minimum atomic E-state index is -0.622. The number of benzene rings is 1. The first-order valence-corrected chi connectivity index (χ1v) is 7.03. The second-order valence-corrected chi connectivity index (χ2v) is 6.75. The number of phenols is 1.